The number of urea groups is 1. The second-order valence-corrected chi connectivity index (χ2v) is 15.4. The van der Waals surface area contributed by atoms with Crippen LogP contribution in [0.25, 0.3) is 0 Å². The molecule has 1 fully saturated rings. The molecule has 2 unspecified atom stereocenters. The van der Waals surface area contributed by atoms with Gasteiger partial charge < -0.3 is 36.0 Å². The number of ketones is 1. The highest BCUT2D eigenvalue weighted by atomic mass is 16.6. The molecule has 1 aromatic rings. The normalized spacial score (nSPS) is 20.1. The highest BCUT2D eigenvalue weighted by Crippen LogP contribution is 2.32. The lowest BCUT2D eigenvalue weighted by molar-refractivity contribution is -0.191. The van der Waals surface area contributed by atoms with Crippen molar-refractivity contribution < 1.29 is 33.8 Å². The number of likely N-dealkylation sites (tertiary alicyclic amines) is 1. The fourth-order valence-electron chi connectivity index (χ4n) is 6.63. The van der Waals surface area contributed by atoms with E-state index in [1.165, 1.54) is 11.0 Å². The zero-order chi connectivity index (χ0) is 37.4. The van der Waals surface area contributed by atoms with Crippen LogP contribution in [0.15, 0.2) is 49.6 Å². The van der Waals surface area contributed by atoms with E-state index in [1.807, 2.05) is 52.0 Å². The van der Waals surface area contributed by atoms with Gasteiger partial charge in [-0.25, -0.2) is 4.79 Å². The zero-order valence-electron chi connectivity index (χ0n) is 30.7. The van der Waals surface area contributed by atoms with Crippen LogP contribution in [0.3, 0.4) is 0 Å². The summed E-state index contributed by atoms with van der Waals surface area (Å²) in [5.41, 5.74) is 0.859. The maximum absolute atomic E-state index is 14.6. The van der Waals surface area contributed by atoms with Crippen LogP contribution in [0.5, 0.6) is 0 Å². The average molecular weight is 696 g/mol. The number of amides is 5. The molecule has 1 aliphatic carbocycles. The molecule has 0 saturated carbocycles. The lowest BCUT2D eigenvalue weighted by atomic mass is 9.86. The minimum Gasteiger partial charge on any atom is -0.366 e. The van der Waals surface area contributed by atoms with E-state index in [1.54, 1.807) is 26.8 Å². The number of fused-ring (bicyclic) bond motifs is 1. The second-order valence-electron chi connectivity index (χ2n) is 15.4. The number of nitrogens with one attached hydrogen (secondary N) is 4. The minimum absolute atomic E-state index is 0.107. The summed E-state index contributed by atoms with van der Waals surface area (Å²) >= 11 is 0. The molecule has 12 heteroatoms. The van der Waals surface area contributed by atoms with Gasteiger partial charge in [0.05, 0.1) is 17.7 Å². The molecule has 5 amide bonds. The van der Waals surface area contributed by atoms with Crippen LogP contribution in [-0.4, -0.2) is 88.7 Å². The van der Waals surface area contributed by atoms with Gasteiger partial charge in [0.25, 0.3) is 5.91 Å². The minimum atomic E-state index is -1.33. The Morgan fingerprint density at radius 2 is 1.62 bits per heavy atom. The van der Waals surface area contributed by atoms with Gasteiger partial charge in [-0.2, -0.15) is 0 Å². The fourth-order valence-corrected chi connectivity index (χ4v) is 6.63. The zero-order valence-corrected chi connectivity index (χ0v) is 30.7. The van der Waals surface area contributed by atoms with Crippen molar-refractivity contribution in [2.24, 2.45) is 17.3 Å². The summed E-state index contributed by atoms with van der Waals surface area (Å²) in [5, 5.41) is 22.0. The van der Waals surface area contributed by atoms with Gasteiger partial charge >= 0.3 is 6.03 Å². The first-order valence-corrected chi connectivity index (χ1v) is 17.6. The van der Waals surface area contributed by atoms with Crippen LogP contribution in [0.2, 0.25) is 0 Å². The number of hydrogen-bond donors (Lipinski definition) is 5. The number of rotatable bonds is 15. The Morgan fingerprint density at radius 3 is 2.14 bits per heavy atom. The average Bonchev–Trinajstić information content (AvgIpc) is 3.67. The summed E-state index contributed by atoms with van der Waals surface area (Å²) in [6, 6.07) is 3.33. The lowest BCUT2D eigenvalue weighted by Crippen LogP contribution is -2.61. The Labute approximate surface area is 296 Å². The van der Waals surface area contributed by atoms with Gasteiger partial charge in [-0.15, -0.1) is 13.2 Å². The molecular weight excluding hydrogens is 638 g/mol. The number of benzene rings is 1. The number of carbonyl (C=O) groups is 5. The molecule has 1 aliphatic heterocycles. The van der Waals surface area contributed by atoms with Crippen LogP contribution in [-0.2, 0) is 36.8 Å². The summed E-state index contributed by atoms with van der Waals surface area (Å²) in [6.45, 7) is 20.6. The molecule has 6 atom stereocenters. The van der Waals surface area contributed by atoms with Gasteiger partial charge in [0.15, 0.2) is 6.29 Å². The Bertz CT molecular complexity index is 1390. The molecule has 0 bridgehead atoms. The molecule has 1 saturated heterocycles. The standard InChI is InChI=1S/C38H57N5O7/c1-10-15-27(30(44)33(46)39-18-11-2)40-32(45)28-19-23(12-3)22-43(28)34(47)29(26-20-24-16-13-14-17-25(24)21-26)41-36(49)42-31(37(4,5)6)35(48)50-38(7,8)9/h11-14,16-17,23,26-29,31,35,48H,2-3,10,15,18-22H2,1,4-9H3,(H,39,46)(H,40,45)(H2,41,42,49)/t23-,27?,28+,29+,31-,35?/m1/s1. The maximum atomic E-state index is 14.6. The first kappa shape index (κ1) is 40.4. The smallest absolute Gasteiger partial charge is 0.315 e. The summed E-state index contributed by atoms with van der Waals surface area (Å²) in [7, 11) is 0. The van der Waals surface area contributed by atoms with Crippen molar-refractivity contribution >= 4 is 29.5 Å². The number of hydrogen-bond acceptors (Lipinski definition) is 7. The van der Waals surface area contributed by atoms with Gasteiger partial charge in [-0.1, -0.05) is 70.5 Å². The van der Waals surface area contributed by atoms with E-state index in [2.05, 4.69) is 34.4 Å². The number of aliphatic hydroxyl groups is 1. The largest absolute Gasteiger partial charge is 0.366 e. The van der Waals surface area contributed by atoms with Crippen molar-refractivity contribution in [3.8, 4) is 0 Å². The Morgan fingerprint density at radius 1 is 1.00 bits per heavy atom. The van der Waals surface area contributed by atoms with Gasteiger partial charge in [-0.05, 0) is 74.8 Å². The van der Waals surface area contributed by atoms with Crippen molar-refractivity contribution in [2.75, 3.05) is 13.1 Å². The Balaban J connectivity index is 1.91. The molecule has 5 N–H and O–H groups in total. The Hall–Kier alpha value is -4.03. The lowest BCUT2D eigenvalue weighted by Gasteiger charge is -2.38. The van der Waals surface area contributed by atoms with Gasteiger partial charge in [-0.3, -0.25) is 19.2 Å². The van der Waals surface area contributed by atoms with E-state index < -0.39 is 71.0 Å². The molecule has 1 aromatic carbocycles. The Kier molecular flexibility index (Phi) is 13.9. The number of carbonyl (C=O) groups excluding carboxylic acids is 5. The number of Topliss-reactive ketones (excluding diaryl/α,β-unsaturated/α-hetero) is 1. The van der Waals surface area contributed by atoms with Crippen molar-refractivity contribution in [3.05, 3.63) is 60.7 Å². The number of aliphatic hydroxyl groups excluding tert-OH is 1. The molecule has 0 aromatic heterocycles. The summed E-state index contributed by atoms with van der Waals surface area (Å²) in [6.07, 6.45) is 3.92. The fraction of sp³-hybridized carbons (Fsp3) is 0.605. The van der Waals surface area contributed by atoms with E-state index in [0.717, 1.165) is 11.1 Å². The third-order valence-corrected chi connectivity index (χ3v) is 9.18. The van der Waals surface area contributed by atoms with Crippen LogP contribution in [0, 0.1) is 17.3 Å². The quantitative estimate of drug-likeness (QED) is 0.107. The van der Waals surface area contributed by atoms with Crippen LogP contribution in [0.4, 0.5) is 4.79 Å². The van der Waals surface area contributed by atoms with E-state index in [0.29, 0.717) is 19.3 Å². The molecule has 3 rings (SSSR count). The van der Waals surface area contributed by atoms with Gasteiger partial charge in [0.1, 0.15) is 12.1 Å². The van der Waals surface area contributed by atoms with Crippen molar-refractivity contribution in [3.63, 3.8) is 0 Å². The summed E-state index contributed by atoms with van der Waals surface area (Å²) < 4.78 is 5.80. The summed E-state index contributed by atoms with van der Waals surface area (Å²) in [5.74, 6) is -3.12. The van der Waals surface area contributed by atoms with E-state index >= 15 is 0 Å². The molecule has 1 heterocycles. The van der Waals surface area contributed by atoms with Crippen LogP contribution >= 0.6 is 0 Å². The number of ether oxygens (including phenoxy) is 1. The van der Waals surface area contributed by atoms with Crippen molar-refractivity contribution in [1.29, 1.82) is 0 Å². The number of nitrogens with zero attached hydrogens (tertiary/aromatic N) is 1. The van der Waals surface area contributed by atoms with Gasteiger partial charge in [0.2, 0.25) is 17.6 Å². The summed E-state index contributed by atoms with van der Waals surface area (Å²) in [4.78, 5) is 69.1. The van der Waals surface area contributed by atoms with E-state index in [9.17, 15) is 29.1 Å². The molecule has 0 radical (unpaired) electrons. The predicted molar refractivity (Wildman–Crippen MR) is 192 cm³/mol. The highest BCUT2D eigenvalue weighted by Gasteiger charge is 2.45. The molecule has 2 aliphatic rings. The van der Waals surface area contributed by atoms with Crippen molar-refractivity contribution in [1.82, 2.24) is 26.2 Å². The van der Waals surface area contributed by atoms with Gasteiger partial charge in [0, 0.05) is 13.1 Å². The third-order valence-electron chi connectivity index (χ3n) is 9.18. The van der Waals surface area contributed by atoms with Crippen molar-refractivity contribution in [2.45, 2.75) is 117 Å². The van der Waals surface area contributed by atoms with Crippen LogP contribution in [0.1, 0.15) is 78.9 Å². The van der Waals surface area contributed by atoms with E-state index in [4.69, 9.17) is 4.74 Å². The van der Waals surface area contributed by atoms with E-state index in [-0.39, 0.29) is 37.8 Å². The first-order chi connectivity index (χ1) is 23.4. The SMILES string of the molecule is C=CCNC(=O)C(=O)C(CCC)NC(=O)[C@@H]1C[C@@H](C=C)CN1C(=O)[C@@H](NC(=O)N[C@H](C(O)OC(C)(C)C)C(C)(C)C)C1Cc2ccccc2C1. The van der Waals surface area contributed by atoms with Crippen LogP contribution < -0.4 is 21.3 Å². The molecule has 12 nitrogen and oxygen atoms in total. The second kappa shape index (κ2) is 17.3. The molecule has 0 spiro atoms. The first-order valence-electron chi connectivity index (χ1n) is 17.6. The maximum Gasteiger partial charge on any atom is 0.315 e. The molecule has 276 valence electrons. The molecular formula is C38H57N5O7. The topological polar surface area (TPSA) is 166 Å². The third kappa shape index (κ3) is 10.7. The highest BCUT2D eigenvalue weighted by molar-refractivity contribution is 6.38. The predicted octanol–water partition coefficient (Wildman–Crippen LogP) is 3.18. The monoisotopic (exact) mass is 695 g/mol. The molecule has 50 heavy (non-hydrogen) atoms.